The average Bonchev–Trinajstić information content (AvgIpc) is 2.98. The van der Waals surface area contributed by atoms with E-state index in [2.05, 4.69) is 20.3 Å². The number of hydrogen-bond donors (Lipinski definition) is 2. The summed E-state index contributed by atoms with van der Waals surface area (Å²) < 4.78 is 44.4. The summed E-state index contributed by atoms with van der Waals surface area (Å²) in [5.74, 6) is -2.72. The van der Waals surface area contributed by atoms with Crippen LogP contribution in [0.2, 0.25) is 5.02 Å². The molecular weight excluding hydrogens is 589 g/mol. The van der Waals surface area contributed by atoms with Crippen LogP contribution in [0.3, 0.4) is 0 Å². The van der Waals surface area contributed by atoms with E-state index in [1.54, 1.807) is 48.7 Å². The van der Waals surface area contributed by atoms with Gasteiger partial charge < -0.3 is 20.7 Å². The van der Waals surface area contributed by atoms with E-state index in [1.165, 1.54) is 11.0 Å². The van der Waals surface area contributed by atoms with E-state index in [9.17, 15) is 27.6 Å². The van der Waals surface area contributed by atoms with Gasteiger partial charge in [-0.3, -0.25) is 19.4 Å². The molecular formula is C29H28ClF3N6O4. The van der Waals surface area contributed by atoms with E-state index in [0.717, 1.165) is 12.4 Å². The van der Waals surface area contributed by atoms with Gasteiger partial charge in [0.15, 0.2) is 5.69 Å². The monoisotopic (exact) mass is 616 g/mol. The number of halogens is 4. The number of ether oxygens (including phenoxy) is 1. The average molecular weight is 617 g/mol. The summed E-state index contributed by atoms with van der Waals surface area (Å²) in [6, 6.07) is 12.6. The number of alkyl halides is 3. The molecule has 4 rings (SSSR count). The number of nitrogens with zero attached hydrogens (tertiary/aromatic N) is 4. The van der Waals surface area contributed by atoms with E-state index in [4.69, 9.17) is 22.1 Å². The normalized spacial score (nSPS) is 15.1. The molecule has 1 fully saturated rings. The van der Waals surface area contributed by atoms with Crippen molar-refractivity contribution in [3.63, 3.8) is 0 Å². The van der Waals surface area contributed by atoms with Crippen molar-refractivity contribution in [1.29, 1.82) is 0 Å². The molecule has 3 amide bonds. The Morgan fingerprint density at radius 3 is 2.44 bits per heavy atom. The minimum atomic E-state index is -4.62. The highest BCUT2D eigenvalue weighted by atomic mass is 35.5. The molecule has 0 bridgehead atoms. The Morgan fingerprint density at radius 1 is 1.09 bits per heavy atom. The van der Waals surface area contributed by atoms with Crippen molar-refractivity contribution in [2.75, 3.05) is 19.6 Å². The first-order chi connectivity index (χ1) is 20.5. The summed E-state index contributed by atoms with van der Waals surface area (Å²) in [4.78, 5) is 51.2. The van der Waals surface area contributed by atoms with Gasteiger partial charge in [-0.05, 0) is 35.4 Å². The summed E-state index contributed by atoms with van der Waals surface area (Å²) in [6.07, 6.45) is -0.673. The van der Waals surface area contributed by atoms with Gasteiger partial charge >= 0.3 is 6.18 Å². The number of carbonyl (C=O) groups is 3. The zero-order valence-electron chi connectivity index (χ0n) is 22.8. The van der Waals surface area contributed by atoms with Crippen molar-refractivity contribution < 1.29 is 32.3 Å². The molecule has 0 radical (unpaired) electrons. The van der Waals surface area contributed by atoms with E-state index in [-0.39, 0.29) is 37.8 Å². The van der Waals surface area contributed by atoms with Gasteiger partial charge in [-0.1, -0.05) is 29.8 Å². The highest BCUT2D eigenvalue weighted by molar-refractivity contribution is 6.30. The lowest BCUT2D eigenvalue weighted by atomic mass is 9.87. The number of aromatic nitrogens is 3. The molecule has 43 heavy (non-hydrogen) atoms. The summed E-state index contributed by atoms with van der Waals surface area (Å²) >= 11 is 6.03. The zero-order chi connectivity index (χ0) is 31.0. The Hall–Kier alpha value is -4.52. The smallest absolute Gasteiger partial charge is 0.433 e. The van der Waals surface area contributed by atoms with Crippen LogP contribution in [0.1, 0.15) is 29.8 Å². The van der Waals surface area contributed by atoms with Gasteiger partial charge in [-0.15, -0.1) is 0 Å². The Labute approximate surface area is 250 Å². The zero-order valence-corrected chi connectivity index (χ0v) is 23.5. The number of nitrogens with one attached hydrogen (secondary N) is 1. The Kier molecular flexibility index (Phi) is 10.3. The van der Waals surface area contributed by atoms with E-state index in [1.807, 2.05) is 0 Å². The molecule has 0 aliphatic carbocycles. The number of primary amides is 1. The Balaban J connectivity index is 1.39. The minimum Gasteiger partial charge on any atom is -0.474 e. The standard InChI is InChI=1S/C29H28ClF3N6O4/c30-19-6-4-18(5-7-19)22(14-25(34)40)23(13-20-3-1-2-10-35-20)28(42)36-16-27(41)39-11-8-21(9-12-39)43-26-15-24(29(31,32)33)37-17-38-26/h1-7,10,14-15,17,21,23H,8-9,11-13,16H2,(H2,34,40)(H,36,42)/b22-14-. The van der Waals surface area contributed by atoms with Crippen molar-refractivity contribution >= 4 is 34.9 Å². The largest absolute Gasteiger partial charge is 0.474 e. The van der Waals surface area contributed by atoms with E-state index >= 15 is 0 Å². The lowest BCUT2D eigenvalue weighted by Gasteiger charge is -2.32. The SMILES string of the molecule is NC(=O)/C=C(/c1ccc(Cl)cc1)C(Cc1ccccn1)C(=O)NCC(=O)N1CCC(Oc2cc(C(F)(F)F)ncn2)CC1. The molecule has 10 nitrogen and oxygen atoms in total. The molecule has 3 heterocycles. The van der Waals surface area contributed by atoms with E-state index in [0.29, 0.717) is 34.7 Å². The van der Waals surface area contributed by atoms with Crippen LogP contribution in [0.4, 0.5) is 13.2 Å². The van der Waals surface area contributed by atoms with Crippen LogP contribution in [0.25, 0.3) is 5.57 Å². The third-order valence-corrected chi connectivity index (χ3v) is 6.99. The second-order valence-corrected chi connectivity index (χ2v) is 10.2. The lowest BCUT2D eigenvalue weighted by Crippen LogP contribution is -2.47. The predicted molar refractivity (Wildman–Crippen MR) is 150 cm³/mol. The molecule has 0 spiro atoms. The maximum atomic E-state index is 13.5. The number of hydrogen-bond acceptors (Lipinski definition) is 7. The highest BCUT2D eigenvalue weighted by Gasteiger charge is 2.34. The van der Waals surface area contributed by atoms with E-state index < -0.39 is 35.7 Å². The molecule has 1 atom stereocenters. The van der Waals surface area contributed by atoms with Crippen molar-refractivity contribution in [1.82, 2.24) is 25.2 Å². The molecule has 1 aliphatic rings. The van der Waals surface area contributed by atoms with Crippen molar-refractivity contribution in [3.8, 4) is 5.88 Å². The maximum absolute atomic E-state index is 13.5. The molecule has 14 heteroatoms. The lowest BCUT2D eigenvalue weighted by molar-refractivity contribution is -0.141. The van der Waals surface area contributed by atoms with Crippen molar-refractivity contribution in [2.45, 2.75) is 31.5 Å². The summed E-state index contributed by atoms with van der Waals surface area (Å²) in [6.45, 7) is 0.228. The fourth-order valence-electron chi connectivity index (χ4n) is 4.60. The van der Waals surface area contributed by atoms with Crippen LogP contribution >= 0.6 is 11.6 Å². The molecule has 0 saturated carbocycles. The second kappa shape index (κ2) is 14.1. The fourth-order valence-corrected chi connectivity index (χ4v) is 4.73. The third-order valence-electron chi connectivity index (χ3n) is 6.74. The number of piperidine rings is 1. The van der Waals surface area contributed by atoms with Crippen LogP contribution in [0.5, 0.6) is 5.88 Å². The number of likely N-dealkylation sites (tertiary alicyclic amines) is 1. The number of carbonyl (C=O) groups excluding carboxylic acids is 3. The molecule has 1 aromatic carbocycles. The van der Waals surface area contributed by atoms with Crippen LogP contribution in [0.15, 0.2) is 67.1 Å². The first-order valence-electron chi connectivity index (χ1n) is 13.3. The number of benzene rings is 1. The Morgan fingerprint density at radius 2 is 1.81 bits per heavy atom. The first kappa shape index (κ1) is 31.4. The summed E-state index contributed by atoms with van der Waals surface area (Å²) in [7, 11) is 0. The molecule has 3 aromatic rings. The molecule has 226 valence electrons. The van der Waals surface area contributed by atoms with Gasteiger partial charge in [0.1, 0.15) is 12.4 Å². The molecule has 1 saturated heterocycles. The van der Waals surface area contributed by atoms with Crippen molar-refractivity contribution in [3.05, 3.63) is 89.1 Å². The first-order valence-corrected chi connectivity index (χ1v) is 13.7. The number of rotatable bonds is 10. The summed E-state index contributed by atoms with van der Waals surface area (Å²) in [5, 5.41) is 3.14. The summed E-state index contributed by atoms with van der Waals surface area (Å²) in [5.41, 5.74) is 5.86. The maximum Gasteiger partial charge on any atom is 0.433 e. The van der Waals surface area contributed by atoms with Gasteiger partial charge in [0, 0.05) is 61.4 Å². The fraction of sp³-hybridized carbons (Fsp3) is 0.310. The number of nitrogens with two attached hydrogens (primary N) is 1. The molecule has 2 aromatic heterocycles. The molecule has 1 unspecified atom stereocenters. The second-order valence-electron chi connectivity index (χ2n) is 9.74. The van der Waals surface area contributed by atoms with Gasteiger partial charge in [-0.2, -0.15) is 13.2 Å². The van der Waals surface area contributed by atoms with Crippen LogP contribution < -0.4 is 15.8 Å². The quantitative estimate of drug-likeness (QED) is 0.333. The van der Waals surface area contributed by atoms with Crippen molar-refractivity contribution in [2.24, 2.45) is 11.7 Å². The van der Waals surface area contributed by atoms with Gasteiger partial charge in [-0.25, -0.2) is 9.97 Å². The molecule has 1 aliphatic heterocycles. The van der Waals surface area contributed by atoms with Crippen LogP contribution in [-0.4, -0.2) is 63.3 Å². The van der Waals surface area contributed by atoms with Gasteiger partial charge in [0.2, 0.25) is 23.6 Å². The van der Waals surface area contributed by atoms with Crippen LogP contribution in [-0.2, 0) is 27.0 Å². The number of pyridine rings is 1. The molecule has 3 N–H and O–H groups in total. The predicted octanol–water partition coefficient (Wildman–Crippen LogP) is 3.46. The minimum absolute atomic E-state index is 0.129. The Bertz CT molecular complexity index is 1460. The topological polar surface area (TPSA) is 140 Å². The highest BCUT2D eigenvalue weighted by Crippen LogP contribution is 2.30. The van der Waals surface area contributed by atoms with Crippen LogP contribution in [0, 0.1) is 5.92 Å². The number of amides is 3. The van der Waals surface area contributed by atoms with Gasteiger partial charge in [0.25, 0.3) is 0 Å². The van der Waals surface area contributed by atoms with Gasteiger partial charge in [0.05, 0.1) is 12.5 Å². The third kappa shape index (κ3) is 8.98.